The molecular weight excluding hydrogens is 262 g/mol. The van der Waals surface area contributed by atoms with Gasteiger partial charge in [0, 0.05) is 37.1 Å². The lowest BCUT2D eigenvalue weighted by Gasteiger charge is -2.05. The van der Waals surface area contributed by atoms with Gasteiger partial charge in [0.1, 0.15) is 0 Å². The number of hydrogen-bond donors (Lipinski definition) is 1. The molecule has 1 N–H and O–H groups in total. The molecule has 0 bridgehead atoms. The van der Waals surface area contributed by atoms with Crippen LogP contribution in [0.2, 0.25) is 5.02 Å². The normalized spacial score (nSPS) is 21.2. The van der Waals surface area contributed by atoms with E-state index in [1.165, 1.54) is 5.56 Å². The SMILES string of the molecule is COCCCCC(=O)N[C@H]1C[C@H]1c1cccc(Cl)c1. The van der Waals surface area contributed by atoms with Crippen LogP contribution in [0.3, 0.4) is 0 Å². The standard InChI is InChI=1S/C15H20ClNO2/c1-19-8-3-2-7-15(18)17-14-10-13(14)11-5-4-6-12(16)9-11/h4-6,9,13-14H,2-3,7-8,10H2,1H3,(H,17,18)/t13-,14-/m0/s1. The van der Waals surface area contributed by atoms with Crippen LogP contribution in [-0.2, 0) is 9.53 Å². The lowest BCUT2D eigenvalue weighted by Crippen LogP contribution is -2.26. The highest BCUT2D eigenvalue weighted by Gasteiger charge is 2.39. The second-order valence-corrected chi connectivity index (χ2v) is 5.46. The van der Waals surface area contributed by atoms with Crippen LogP contribution in [0.4, 0.5) is 0 Å². The van der Waals surface area contributed by atoms with E-state index in [0.717, 1.165) is 30.9 Å². The third-order valence-electron chi connectivity index (χ3n) is 3.42. The fourth-order valence-corrected chi connectivity index (χ4v) is 2.47. The average molecular weight is 282 g/mol. The average Bonchev–Trinajstić information content (AvgIpc) is 3.14. The largest absolute Gasteiger partial charge is 0.385 e. The molecule has 1 aromatic carbocycles. The molecule has 0 aromatic heterocycles. The highest BCUT2D eigenvalue weighted by atomic mass is 35.5. The molecule has 3 nitrogen and oxygen atoms in total. The molecule has 0 saturated heterocycles. The number of rotatable bonds is 7. The van der Waals surface area contributed by atoms with Gasteiger partial charge in [-0.2, -0.15) is 0 Å². The summed E-state index contributed by atoms with van der Waals surface area (Å²) in [7, 11) is 1.68. The second-order valence-electron chi connectivity index (χ2n) is 5.02. The maximum Gasteiger partial charge on any atom is 0.220 e. The molecule has 2 rings (SSSR count). The number of carbonyl (C=O) groups is 1. The van der Waals surface area contributed by atoms with Crippen LogP contribution in [0.25, 0.3) is 0 Å². The lowest BCUT2D eigenvalue weighted by molar-refractivity contribution is -0.121. The van der Waals surface area contributed by atoms with E-state index in [1.54, 1.807) is 7.11 Å². The third kappa shape index (κ3) is 4.51. The Morgan fingerprint density at radius 3 is 3.05 bits per heavy atom. The van der Waals surface area contributed by atoms with Gasteiger partial charge in [-0.1, -0.05) is 23.7 Å². The summed E-state index contributed by atoms with van der Waals surface area (Å²) in [6, 6.07) is 8.17. The number of halogens is 1. The Kier molecular flexibility index (Phi) is 5.23. The number of nitrogens with one attached hydrogen (secondary N) is 1. The van der Waals surface area contributed by atoms with Crippen molar-refractivity contribution in [2.45, 2.75) is 37.6 Å². The van der Waals surface area contributed by atoms with Crippen LogP contribution in [0, 0.1) is 0 Å². The van der Waals surface area contributed by atoms with Crippen molar-refractivity contribution in [3.63, 3.8) is 0 Å². The Hall–Kier alpha value is -1.06. The molecule has 0 aliphatic heterocycles. The van der Waals surface area contributed by atoms with E-state index in [9.17, 15) is 4.79 Å². The molecule has 19 heavy (non-hydrogen) atoms. The molecule has 0 heterocycles. The first kappa shape index (κ1) is 14.4. The first-order chi connectivity index (χ1) is 9.20. The van der Waals surface area contributed by atoms with Crippen molar-refractivity contribution in [3.8, 4) is 0 Å². The number of hydrogen-bond acceptors (Lipinski definition) is 2. The highest BCUT2D eigenvalue weighted by molar-refractivity contribution is 6.30. The quantitative estimate of drug-likeness (QED) is 0.780. The van der Waals surface area contributed by atoms with Gasteiger partial charge in [-0.3, -0.25) is 4.79 Å². The molecule has 104 valence electrons. The van der Waals surface area contributed by atoms with Crippen molar-refractivity contribution in [2.75, 3.05) is 13.7 Å². The number of methoxy groups -OCH3 is 1. The van der Waals surface area contributed by atoms with Gasteiger partial charge < -0.3 is 10.1 Å². The molecule has 1 saturated carbocycles. The number of ether oxygens (including phenoxy) is 1. The van der Waals surface area contributed by atoms with Crippen molar-refractivity contribution in [2.24, 2.45) is 0 Å². The van der Waals surface area contributed by atoms with Crippen molar-refractivity contribution in [1.82, 2.24) is 5.32 Å². The van der Waals surface area contributed by atoms with Gasteiger partial charge in [-0.15, -0.1) is 0 Å². The summed E-state index contributed by atoms with van der Waals surface area (Å²) in [5.74, 6) is 0.576. The summed E-state index contributed by atoms with van der Waals surface area (Å²) in [5, 5.41) is 3.83. The van der Waals surface area contributed by atoms with E-state index in [-0.39, 0.29) is 11.9 Å². The summed E-state index contributed by atoms with van der Waals surface area (Å²) < 4.78 is 4.96. The zero-order valence-corrected chi connectivity index (χ0v) is 12.0. The molecule has 4 heteroatoms. The Labute approximate surface area is 119 Å². The number of benzene rings is 1. The van der Waals surface area contributed by atoms with Gasteiger partial charge in [0.2, 0.25) is 5.91 Å². The minimum Gasteiger partial charge on any atom is -0.385 e. The number of amides is 1. The predicted molar refractivity (Wildman–Crippen MR) is 76.5 cm³/mol. The van der Waals surface area contributed by atoms with Gasteiger partial charge in [0.05, 0.1) is 0 Å². The molecule has 1 aromatic rings. The van der Waals surface area contributed by atoms with E-state index in [0.29, 0.717) is 12.3 Å². The summed E-state index contributed by atoms with van der Waals surface area (Å²) in [6.07, 6.45) is 3.42. The summed E-state index contributed by atoms with van der Waals surface area (Å²) in [5.41, 5.74) is 1.22. The van der Waals surface area contributed by atoms with E-state index in [1.807, 2.05) is 18.2 Å². The molecule has 1 aliphatic carbocycles. The fourth-order valence-electron chi connectivity index (χ4n) is 2.27. The van der Waals surface area contributed by atoms with Crippen LogP contribution in [0.5, 0.6) is 0 Å². The van der Waals surface area contributed by atoms with Crippen molar-refractivity contribution >= 4 is 17.5 Å². The summed E-state index contributed by atoms with van der Waals surface area (Å²) in [4.78, 5) is 11.7. The smallest absolute Gasteiger partial charge is 0.220 e. The second kappa shape index (κ2) is 6.92. The zero-order valence-electron chi connectivity index (χ0n) is 11.2. The number of unbranched alkanes of at least 4 members (excludes halogenated alkanes) is 1. The first-order valence-electron chi connectivity index (χ1n) is 6.74. The zero-order chi connectivity index (χ0) is 13.7. The monoisotopic (exact) mass is 281 g/mol. The minimum atomic E-state index is 0.144. The highest BCUT2D eigenvalue weighted by Crippen LogP contribution is 2.41. The molecule has 1 amide bonds. The van der Waals surface area contributed by atoms with Gasteiger partial charge >= 0.3 is 0 Å². The van der Waals surface area contributed by atoms with Gasteiger partial charge in [-0.25, -0.2) is 0 Å². The van der Waals surface area contributed by atoms with E-state index >= 15 is 0 Å². The maximum atomic E-state index is 11.7. The minimum absolute atomic E-state index is 0.144. The molecule has 0 spiro atoms. The van der Waals surface area contributed by atoms with Gasteiger partial charge in [0.25, 0.3) is 0 Å². The fraction of sp³-hybridized carbons (Fsp3) is 0.533. The van der Waals surface area contributed by atoms with Gasteiger partial charge in [-0.05, 0) is 37.0 Å². The summed E-state index contributed by atoms with van der Waals surface area (Å²) >= 11 is 5.97. The summed E-state index contributed by atoms with van der Waals surface area (Å²) in [6.45, 7) is 0.724. The third-order valence-corrected chi connectivity index (χ3v) is 3.65. The van der Waals surface area contributed by atoms with Crippen LogP contribution < -0.4 is 5.32 Å². The molecule has 1 aliphatic rings. The Morgan fingerprint density at radius 2 is 2.32 bits per heavy atom. The molecule has 2 atom stereocenters. The Bertz CT molecular complexity index is 436. The van der Waals surface area contributed by atoms with E-state index in [2.05, 4.69) is 11.4 Å². The predicted octanol–water partition coefficient (Wildman–Crippen LogP) is 3.13. The molecule has 1 fully saturated rings. The number of carbonyl (C=O) groups excluding carboxylic acids is 1. The van der Waals surface area contributed by atoms with Crippen LogP contribution in [-0.4, -0.2) is 25.7 Å². The van der Waals surface area contributed by atoms with Crippen molar-refractivity contribution < 1.29 is 9.53 Å². The Morgan fingerprint density at radius 1 is 1.47 bits per heavy atom. The van der Waals surface area contributed by atoms with Gasteiger partial charge in [0.15, 0.2) is 0 Å². The van der Waals surface area contributed by atoms with E-state index < -0.39 is 0 Å². The Balaban J connectivity index is 1.70. The van der Waals surface area contributed by atoms with Crippen LogP contribution >= 0.6 is 11.6 Å². The van der Waals surface area contributed by atoms with Crippen LogP contribution in [0.1, 0.15) is 37.2 Å². The first-order valence-corrected chi connectivity index (χ1v) is 7.12. The molecule has 0 unspecified atom stereocenters. The topological polar surface area (TPSA) is 38.3 Å². The lowest BCUT2D eigenvalue weighted by atomic mass is 10.1. The van der Waals surface area contributed by atoms with E-state index in [4.69, 9.17) is 16.3 Å². The maximum absolute atomic E-state index is 11.7. The molecule has 0 radical (unpaired) electrons. The van der Waals surface area contributed by atoms with Crippen LogP contribution in [0.15, 0.2) is 24.3 Å². The van der Waals surface area contributed by atoms with Crippen molar-refractivity contribution in [1.29, 1.82) is 0 Å². The molecular formula is C15H20ClNO2. The van der Waals surface area contributed by atoms with Crippen molar-refractivity contribution in [3.05, 3.63) is 34.9 Å².